The minimum absolute atomic E-state index is 0.255. The van der Waals surface area contributed by atoms with Crippen molar-refractivity contribution in [3.05, 3.63) is 54.1 Å². The summed E-state index contributed by atoms with van der Waals surface area (Å²) in [5, 5.41) is 0. The smallest absolute Gasteiger partial charge is 0.409 e. The fraction of sp³-hybridized carbons (Fsp3) is 0.458. The van der Waals surface area contributed by atoms with Crippen LogP contribution in [0.3, 0.4) is 0 Å². The highest BCUT2D eigenvalue weighted by molar-refractivity contribution is 5.67. The third kappa shape index (κ3) is 4.18. The Morgan fingerprint density at radius 2 is 1.73 bits per heavy atom. The van der Waals surface area contributed by atoms with E-state index in [2.05, 4.69) is 35.2 Å². The number of piperidine rings is 1. The van der Waals surface area contributed by atoms with E-state index in [9.17, 15) is 4.79 Å². The van der Waals surface area contributed by atoms with Gasteiger partial charge in [-0.05, 0) is 25.1 Å². The molecule has 1 spiro atoms. The van der Waals surface area contributed by atoms with Crippen molar-refractivity contribution in [3.8, 4) is 11.5 Å². The average molecular weight is 411 g/mol. The molecule has 0 N–H and O–H groups in total. The Balaban J connectivity index is 1.56. The first kappa shape index (κ1) is 20.4. The van der Waals surface area contributed by atoms with Crippen molar-refractivity contribution < 1.29 is 19.0 Å². The van der Waals surface area contributed by atoms with Gasteiger partial charge in [0.1, 0.15) is 17.1 Å². The molecule has 6 nitrogen and oxygen atoms in total. The maximum atomic E-state index is 11.9. The van der Waals surface area contributed by atoms with Gasteiger partial charge in [-0.3, -0.25) is 0 Å². The summed E-state index contributed by atoms with van der Waals surface area (Å²) < 4.78 is 17.4. The minimum Gasteiger partial charge on any atom is -0.494 e. The molecule has 0 radical (unpaired) electrons. The lowest BCUT2D eigenvalue weighted by molar-refractivity contribution is 0.00123. The number of carbonyl (C=O) groups is 1. The Morgan fingerprint density at radius 1 is 1.03 bits per heavy atom. The first-order valence-corrected chi connectivity index (χ1v) is 10.7. The van der Waals surface area contributed by atoms with Crippen molar-refractivity contribution in [2.24, 2.45) is 0 Å². The lowest BCUT2D eigenvalue weighted by atomic mass is 9.88. The van der Waals surface area contributed by atoms with Crippen molar-refractivity contribution in [1.29, 1.82) is 0 Å². The molecule has 0 aliphatic carbocycles. The Morgan fingerprint density at radius 3 is 2.50 bits per heavy atom. The molecule has 4 rings (SSSR count). The molecule has 30 heavy (non-hydrogen) atoms. The van der Waals surface area contributed by atoms with Gasteiger partial charge in [-0.25, -0.2) is 4.79 Å². The van der Waals surface area contributed by atoms with Gasteiger partial charge in [-0.2, -0.15) is 0 Å². The Kier molecular flexibility index (Phi) is 6.02. The molecule has 2 aliphatic heterocycles. The van der Waals surface area contributed by atoms with E-state index in [0.29, 0.717) is 19.7 Å². The summed E-state index contributed by atoms with van der Waals surface area (Å²) in [5.74, 6) is 1.85. The monoisotopic (exact) mass is 410 g/mol. The highest BCUT2D eigenvalue weighted by Gasteiger charge is 2.40. The third-order valence-electron chi connectivity index (χ3n) is 6.11. The van der Waals surface area contributed by atoms with Crippen LogP contribution < -0.4 is 14.4 Å². The van der Waals surface area contributed by atoms with Gasteiger partial charge >= 0.3 is 6.09 Å². The summed E-state index contributed by atoms with van der Waals surface area (Å²) in [5.41, 5.74) is 2.02. The molecule has 6 heteroatoms. The molecule has 2 aliphatic rings. The van der Waals surface area contributed by atoms with E-state index in [1.54, 1.807) is 4.90 Å². The second-order valence-corrected chi connectivity index (χ2v) is 7.92. The van der Waals surface area contributed by atoms with Crippen LogP contribution in [-0.4, -0.2) is 49.9 Å². The molecule has 1 fully saturated rings. The van der Waals surface area contributed by atoms with Crippen molar-refractivity contribution in [3.63, 3.8) is 0 Å². The van der Waals surface area contributed by atoms with E-state index in [0.717, 1.165) is 49.5 Å². The van der Waals surface area contributed by atoms with Crippen LogP contribution in [0.15, 0.2) is 48.5 Å². The molecule has 2 aromatic rings. The zero-order valence-corrected chi connectivity index (χ0v) is 17.8. The van der Waals surface area contributed by atoms with Crippen molar-refractivity contribution in [2.75, 3.05) is 38.3 Å². The topological polar surface area (TPSA) is 51.2 Å². The summed E-state index contributed by atoms with van der Waals surface area (Å²) in [6, 6.07) is 16.5. The number of nitrogens with zero attached hydrogens (tertiary/aromatic N) is 2. The number of likely N-dealkylation sites (tertiary alicyclic amines) is 1. The van der Waals surface area contributed by atoms with Gasteiger partial charge < -0.3 is 24.0 Å². The van der Waals surface area contributed by atoms with Crippen molar-refractivity contribution >= 4 is 11.8 Å². The van der Waals surface area contributed by atoms with Crippen LogP contribution in [0.4, 0.5) is 10.5 Å². The number of fused-ring (bicyclic) bond motifs is 1. The van der Waals surface area contributed by atoms with Crippen LogP contribution in [0.1, 0.15) is 31.7 Å². The van der Waals surface area contributed by atoms with Gasteiger partial charge in [0.15, 0.2) is 0 Å². The van der Waals surface area contributed by atoms with E-state index in [1.165, 1.54) is 12.7 Å². The molecule has 0 aromatic heterocycles. The molecule has 0 saturated carbocycles. The second kappa shape index (κ2) is 8.86. The number of hydrogen-bond donors (Lipinski definition) is 0. The normalized spacial score (nSPS) is 17.7. The quantitative estimate of drug-likeness (QED) is 0.744. The number of hydrogen-bond acceptors (Lipinski definition) is 5. The Hall–Kier alpha value is -2.89. The van der Waals surface area contributed by atoms with Gasteiger partial charge in [0.25, 0.3) is 0 Å². The summed E-state index contributed by atoms with van der Waals surface area (Å²) in [6.07, 6.45) is 2.26. The molecular formula is C24H30N2O4. The number of rotatable bonds is 4. The molecule has 2 heterocycles. The van der Waals surface area contributed by atoms with Crippen molar-refractivity contribution in [1.82, 2.24) is 4.90 Å². The molecule has 2 aromatic carbocycles. The van der Waals surface area contributed by atoms with Gasteiger partial charge in [0.2, 0.25) is 0 Å². The molecule has 0 bridgehead atoms. The van der Waals surface area contributed by atoms with Gasteiger partial charge in [-0.1, -0.05) is 30.3 Å². The zero-order chi connectivity index (χ0) is 21.0. The number of carbonyl (C=O) groups excluding carboxylic acids is 1. The van der Waals surface area contributed by atoms with Crippen LogP contribution in [0.5, 0.6) is 11.5 Å². The highest BCUT2D eigenvalue weighted by Crippen LogP contribution is 2.41. The number of anilines is 1. The molecule has 0 unspecified atom stereocenters. The average Bonchev–Trinajstić information content (AvgIpc) is 2.92. The van der Waals surface area contributed by atoms with E-state index in [1.807, 2.05) is 25.1 Å². The number of ether oxygens (including phenoxy) is 3. The number of para-hydroxylation sites is 3. The molecule has 1 amide bonds. The summed E-state index contributed by atoms with van der Waals surface area (Å²) >= 11 is 0. The lowest BCUT2D eigenvalue weighted by Crippen LogP contribution is -2.50. The van der Waals surface area contributed by atoms with Crippen LogP contribution >= 0.6 is 0 Å². The summed E-state index contributed by atoms with van der Waals surface area (Å²) in [7, 11) is 1.43. The largest absolute Gasteiger partial charge is 0.494 e. The molecule has 160 valence electrons. The SMILES string of the molecule is CCOc1ccccc1CN1CCC2(CCN(C(=O)OC)CC2)Oc2ccccc21. The fourth-order valence-corrected chi connectivity index (χ4v) is 4.43. The first-order chi connectivity index (χ1) is 14.6. The summed E-state index contributed by atoms with van der Waals surface area (Å²) in [6.45, 7) is 5.62. The van der Waals surface area contributed by atoms with E-state index >= 15 is 0 Å². The fourth-order valence-electron chi connectivity index (χ4n) is 4.43. The van der Waals surface area contributed by atoms with E-state index < -0.39 is 0 Å². The highest BCUT2D eigenvalue weighted by atomic mass is 16.5. The number of benzene rings is 2. The van der Waals surface area contributed by atoms with Gasteiger partial charge in [0.05, 0.1) is 19.4 Å². The molecule has 1 saturated heterocycles. The third-order valence-corrected chi connectivity index (χ3v) is 6.11. The molecule has 0 atom stereocenters. The second-order valence-electron chi connectivity index (χ2n) is 7.92. The Bertz CT molecular complexity index is 877. The van der Waals surface area contributed by atoms with Crippen LogP contribution in [-0.2, 0) is 11.3 Å². The summed E-state index contributed by atoms with van der Waals surface area (Å²) in [4.78, 5) is 16.0. The van der Waals surface area contributed by atoms with Crippen LogP contribution in [0.2, 0.25) is 0 Å². The van der Waals surface area contributed by atoms with Gasteiger partial charge in [-0.15, -0.1) is 0 Å². The van der Waals surface area contributed by atoms with E-state index in [4.69, 9.17) is 14.2 Å². The minimum atomic E-state index is -0.256. The first-order valence-electron chi connectivity index (χ1n) is 10.7. The van der Waals surface area contributed by atoms with Crippen LogP contribution in [0.25, 0.3) is 0 Å². The predicted octanol–water partition coefficient (Wildman–Crippen LogP) is 4.48. The van der Waals surface area contributed by atoms with E-state index in [-0.39, 0.29) is 11.7 Å². The predicted molar refractivity (Wildman–Crippen MR) is 116 cm³/mol. The number of amides is 1. The maximum Gasteiger partial charge on any atom is 0.409 e. The standard InChI is InChI=1S/C24H30N2O4/c1-3-29-21-10-6-4-8-19(21)18-26-17-14-24(30-22-11-7-5-9-20(22)26)12-15-25(16-13-24)23(27)28-2/h4-11H,3,12-18H2,1-2H3. The van der Waals surface area contributed by atoms with Gasteiger partial charge in [0, 0.05) is 51.0 Å². The van der Waals surface area contributed by atoms with Crippen LogP contribution in [0, 0.1) is 0 Å². The zero-order valence-electron chi connectivity index (χ0n) is 17.8. The maximum absolute atomic E-state index is 11.9. The van der Waals surface area contributed by atoms with Crippen molar-refractivity contribution in [2.45, 2.75) is 38.3 Å². The molecular weight excluding hydrogens is 380 g/mol. The Labute approximate surface area is 178 Å². The lowest BCUT2D eigenvalue weighted by Gasteiger charge is -2.40. The number of methoxy groups -OCH3 is 1.